The van der Waals surface area contributed by atoms with Crippen molar-refractivity contribution in [2.45, 2.75) is 79.0 Å². The van der Waals surface area contributed by atoms with E-state index < -0.39 is 18.4 Å². The quantitative estimate of drug-likeness (QED) is 0.0585. The topological polar surface area (TPSA) is 177 Å². The molecule has 0 bridgehead atoms. The van der Waals surface area contributed by atoms with Gasteiger partial charge in [-0.2, -0.15) is 0 Å². The van der Waals surface area contributed by atoms with Gasteiger partial charge < -0.3 is 14.7 Å². The van der Waals surface area contributed by atoms with E-state index in [1.807, 2.05) is 54.6 Å². The number of aromatic nitrogens is 12. The number of allylic oxidation sites excluding steroid dienone is 9. The predicted molar refractivity (Wildman–Crippen MR) is 526 cm³/mol. The van der Waals surface area contributed by atoms with Gasteiger partial charge >= 0.3 is 210 Å². The molecule has 8 aliphatic rings. The minimum absolute atomic E-state index is 0.645. The molecule has 4 aromatic heterocycles. The van der Waals surface area contributed by atoms with Crippen molar-refractivity contribution in [1.82, 2.24) is 79.4 Å². The van der Waals surface area contributed by atoms with Crippen LogP contribution in [0.2, 0.25) is 13.3 Å². The Hall–Kier alpha value is -13.5. The van der Waals surface area contributed by atoms with Crippen molar-refractivity contribution < 1.29 is 0 Å². The van der Waals surface area contributed by atoms with Crippen LogP contribution in [0.15, 0.2) is 402 Å². The average molecular weight is 1900 g/mol. The van der Waals surface area contributed by atoms with Gasteiger partial charge in [-0.05, 0) is 110 Å². The van der Waals surface area contributed by atoms with E-state index in [2.05, 4.69) is 398 Å². The predicted octanol–water partition coefficient (Wildman–Crippen LogP) is 24.4. The molecule has 0 N–H and O–H groups in total. The van der Waals surface area contributed by atoms with Crippen LogP contribution >= 0.6 is 31.9 Å². The van der Waals surface area contributed by atoms with Crippen molar-refractivity contribution in [3.8, 4) is 0 Å². The molecule has 14 aromatic rings. The zero-order valence-electron chi connectivity index (χ0n) is 71.3. The Balaban J connectivity index is 0.000000114. The number of anilines is 3. The Labute approximate surface area is 763 Å². The Bertz CT molecular complexity index is 6550. The van der Waals surface area contributed by atoms with Gasteiger partial charge in [0.2, 0.25) is 0 Å². The van der Waals surface area contributed by atoms with E-state index in [0.717, 1.165) is 104 Å². The van der Waals surface area contributed by atoms with Gasteiger partial charge in [-0.15, -0.1) is 0 Å². The zero-order chi connectivity index (χ0) is 86.5. The molecule has 8 aliphatic heterocycles. The van der Waals surface area contributed by atoms with Crippen LogP contribution in [-0.2, 0) is 0 Å². The Morgan fingerprint density at radius 3 is 1.26 bits per heavy atom. The molecule has 19 nitrogen and oxygen atoms in total. The van der Waals surface area contributed by atoms with Gasteiger partial charge in [0, 0.05) is 75.6 Å². The van der Waals surface area contributed by atoms with E-state index in [4.69, 9.17) is 9.97 Å². The van der Waals surface area contributed by atoms with Crippen LogP contribution < -0.4 is 14.7 Å². The number of hydrogen-bond donors (Lipinski definition) is 0. The summed E-state index contributed by atoms with van der Waals surface area (Å²) in [5.74, 6) is 6.36. The van der Waals surface area contributed by atoms with Gasteiger partial charge in [-0.3, -0.25) is 9.80 Å². The van der Waals surface area contributed by atoms with E-state index in [1.165, 1.54) is 143 Å². The van der Waals surface area contributed by atoms with Crippen LogP contribution in [0.4, 0.5) is 17.1 Å². The molecule has 0 radical (unpaired) electrons. The molecule has 0 saturated heterocycles. The van der Waals surface area contributed by atoms with Crippen LogP contribution in [0.1, 0.15) is 94.6 Å². The molecule has 0 saturated carbocycles. The first kappa shape index (κ1) is 85.7. The van der Waals surface area contributed by atoms with Crippen molar-refractivity contribution in [1.29, 1.82) is 0 Å². The third kappa shape index (κ3) is 19.2. The van der Waals surface area contributed by atoms with Crippen LogP contribution in [0, 0.1) is 0 Å². The molecule has 0 aliphatic carbocycles. The number of halogens is 2. The molecule has 0 amide bonds. The number of nitrogens with zero attached hydrogens (tertiary/aromatic N) is 19. The van der Waals surface area contributed by atoms with Gasteiger partial charge in [0.15, 0.2) is 17.5 Å². The van der Waals surface area contributed by atoms with Crippen molar-refractivity contribution in [2.75, 3.05) is 40.9 Å². The van der Waals surface area contributed by atoms with Crippen molar-refractivity contribution >= 4 is 139 Å². The average Bonchev–Trinajstić information content (AvgIpc) is 1.57. The van der Waals surface area contributed by atoms with E-state index in [1.54, 1.807) is 29.0 Å². The van der Waals surface area contributed by atoms with E-state index in [9.17, 15) is 0 Å². The van der Waals surface area contributed by atoms with Crippen molar-refractivity contribution in [3.05, 3.63) is 431 Å². The first-order valence-corrected chi connectivity index (χ1v) is 52.5. The monoisotopic (exact) mass is 1900 g/mol. The summed E-state index contributed by atoms with van der Waals surface area (Å²) in [6.45, 7) is 10.5. The standard InChI is InChI=1S/C30H21N5.C16H13N5.C16H12N5.C14H9Br.C11H10N4.C6H5Br.3C4H9.Sn/c1-2-11-22(12-3-1)35-27-16-8-9-17-34(27)28(29(35)30-32-19-31-20-33-30)26-18-21-10-4-5-13-23(21)24-14-6-7-15-25(24)26;2*1-2-6-13(7-3-1)21-14(16-18-11-17-12-19-16)10-20-9-5-4-8-15(20)21;15-14-9-10-5-1-2-6-11(10)12-7-3-4-8-13(12)14;1-2-4-15-6-9(5-10(15)3-1)11-13-7-12-8-14-11;7-6-4-2-1-3-5-6;3*1-3-4-2;/h1-16,18-20H,17H2;1-8,10-12H,9H2;1-8,11-12H,9H2;1-9H;1-3,6-8H,4-5H2;1-5H;3*1,3-4H2,2H3;. The molecule has 12 heterocycles. The molecule has 0 unspecified atom stereocenters. The van der Waals surface area contributed by atoms with Crippen molar-refractivity contribution in [2.24, 2.45) is 0 Å². The minimum atomic E-state index is -2.87. The van der Waals surface area contributed by atoms with Gasteiger partial charge in [0.05, 0.1) is 5.70 Å². The molecule has 127 heavy (non-hydrogen) atoms. The fraction of sp³-hybridized carbons (Fsp3) is 0.162. The molecule has 10 aromatic carbocycles. The van der Waals surface area contributed by atoms with Crippen LogP contribution in [0.3, 0.4) is 0 Å². The van der Waals surface area contributed by atoms with Crippen LogP contribution in [0.5, 0.6) is 0 Å². The van der Waals surface area contributed by atoms with Crippen LogP contribution in [-0.4, -0.2) is 124 Å². The molecule has 0 spiro atoms. The fourth-order valence-electron chi connectivity index (χ4n) is 17.5. The zero-order valence-corrected chi connectivity index (χ0v) is 77.3. The Morgan fingerprint density at radius 1 is 0.339 bits per heavy atom. The summed E-state index contributed by atoms with van der Waals surface area (Å²) in [4.78, 5) is 67.8. The van der Waals surface area contributed by atoms with Gasteiger partial charge in [0.25, 0.3) is 0 Å². The number of hydrogen-bond acceptors (Lipinski definition) is 19. The number of unbranched alkanes of at least 4 members (excludes halogenated alkanes) is 3. The van der Waals surface area contributed by atoms with E-state index >= 15 is 0 Å². The number of benzene rings is 10. The Morgan fingerprint density at radius 2 is 0.740 bits per heavy atom. The van der Waals surface area contributed by atoms with Gasteiger partial charge in [-0.25, -0.2) is 44.9 Å². The summed E-state index contributed by atoms with van der Waals surface area (Å²) < 4.78 is 8.14. The molecule has 0 fully saturated rings. The summed E-state index contributed by atoms with van der Waals surface area (Å²) in [6, 6.07) is 80.0. The number of fused-ring (bicyclic) bond motifs is 10. The second-order valence-electron chi connectivity index (χ2n) is 31.3. The first-order chi connectivity index (χ1) is 62.8. The second kappa shape index (κ2) is 41.5. The normalized spacial score (nSPS) is 15.1. The maximum absolute atomic E-state index is 4.74. The SMILES string of the molecule is Brc1cc2ccccc2c2ccccc12.Brc1ccccc1.C1=CCN2C(=C1)N(c1ccccc1)C(c1ncncn1)=C2c1cc2ccccc2c2ccccc12.C1=CCN2C=C(c3ncncn3)CC2=C1.C1=CCN2C=C(c3ncncn3)N(c3ccccc3)C2=C1.CCC[CH2][Sn]([CH2]CCC)([CH2]CCC)[C]1=C(c2ncncn2)N(c2ccccc2)C2=CC=CCN21. The number of rotatable bonds is 18. The molecule has 22 heteroatoms. The fourth-order valence-corrected chi connectivity index (χ4v) is 35.6. The third-order valence-electron chi connectivity index (χ3n) is 23.2. The second-order valence-corrected chi connectivity index (χ2v) is 46.0. The molecule has 22 rings (SSSR count). The van der Waals surface area contributed by atoms with Gasteiger partial charge in [-0.1, -0.05) is 220 Å². The van der Waals surface area contributed by atoms with E-state index in [0.29, 0.717) is 11.6 Å². The van der Waals surface area contributed by atoms with Crippen LogP contribution in [0.25, 0.3) is 71.5 Å². The third-order valence-corrected chi connectivity index (χ3v) is 40.0. The molecule has 630 valence electrons. The molecule has 0 atom stereocenters. The summed E-state index contributed by atoms with van der Waals surface area (Å²) in [5.41, 5.74) is 11.2. The summed E-state index contributed by atoms with van der Waals surface area (Å²) >= 11 is 4.06. The Kier molecular flexibility index (Phi) is 28.0. The summed E-state index contributed by atoms with van der Waals surface area (Å²) in [7, 11) is 0. The summed E-state index contributed by atoms with van der Waals surface area (Å²) in [6.07, 6.45) is 51.3. The molecular formula is C105H97Br2N19Sn. The van der Waals surface area contributed by atoms with E-state index in [-0.39, 0.29) is 0 Å². The van der Waals surface area contributed by atoms with Gasteiger partial charge in [0.1, 0.15) is 61.0 Å². The number of para-hydroxylation sites is 3. The molecular weight excluding hydrogens is 1810 g/mol. The maximum atomic E-state index is 4.74. The van der Waals surface area contributed by atoms with Crippen molar-refractivity contribution in [3.63, 3.8) is 0 Å². The summed E-state index contributed by atoms with van der Waals surface area (Å²) in [5, 5.41) is 10.1. The first-order valence-electron chi connectivity index (χ1n) is 43.5.